The zero-order chi connectivity index (χ0) is 40.2. The van der Waals surface area contributed by atoms with Gasteiger partial charge in [-0.2, -0.15) is 9.15 Å². The van der Waals surface area contributed by atoms with Crippen LogP contribution in [0.4, 0.5) is 22.7 Å². The molecule has 0 saturated carbocycles. The standard InChI is InChI=1S/C52H56N4O2/c1-7-53(8-2)41-29-25-37(27-31-45-43-21-13-17-39-19-15-23-47(51(39)43)55(45)11-5)49(35-41)57-33-34-58-50-36-42(54(9-3)10-4)30-26-38(50)28-32-46-44-22-14-18-40-20-16-24-48(52(40)44)56(46)12-6/h13-32,35-36H,7-12,33-34H2,1-6H3/q+2. The van der Waals surface area contributed by atoms with Crippen molar-refractivity contribution in [3.05, 3.63) is 144 Å². The molecule has 0 aromatic heterocycles. The number of hydrogen-bond donors (Lipinski definition) is 0. The summed E-state index contributed by atoms with van der Waals surface area (Å²) in [5.74, 6) is 1.70. The molecule has 0 amide bonds. The van der Waals surface area contributed by atoms with Crippen LogP contribution in [-0.4, -0.2) is 73.1 Å². The first kappa shape index (κ1) is 38.7. The van der Waals surface area contributed by atoms with E-state index in [0.29, 0.717) is 13.2 Å². The number of hydrogen-bond acceptors (Lipinski definition) is 4. The highest BCUT2D eigenvalue weighted by Gasteiger charge is 2.30. The first-order chi connectivity index (χ1) is 28.5. The van der Waals surface area contributed by atoms with Gasteiger partial charge in [-0.25, -0.2) is 0 Å². The zero-order valence-corrected chi connectivity index (χ0v) is 35.0. The molecule has 294 valence electrons. The van der Waals surface area contributed by atoms with Gasteiger partial charge in [-0.05, 0) is 101 Å². The predicted molar refractivity (Wildman–Crippen MR) is 246 cm³/mol. The molecule has 0 N–H and O–H groups in total. The summed E-state index contributed by atoms with van der Waals surface area (Å²) in [6, 6.07) is 39.6. The maximum Gasteiger partial charge on any atom is 0.214 e. The second kappa shape index (κ2) is 17.2. The fraction of sp³-hybridized carbons (Fsp3) is 0.269. The molecule has 0 saturated heterocycles. The van der Waals surface area contributed by atoms with Gasteiger partial charge in [-0.3, -0.25) is 0 Å². The van der Waals surface area contributed by atoms with Gasteiger partial charge in [-0.1, -0.05) is 48.5 Å². The van der Waals surface area contributed by atoms with E-state index >= 15 is 0 Å². The molecule has 6 heteroatoms. The van der Waals surface area contributed by atoms with Crippen molar-refractivity contribution < 1.29 is 18.6 Å². The topological polar surface area (TPSA) is 31.0 Å². The first-order valence-corrected chi connectivity index (χ1v) is 21.2. The Kier molecular flexibility index (Phi) is 11.5. The lowest BCUT2D eigenvalue weighted by Crippen LogP contribution is -2.22. The van der Waals surface area contributed by atoms with Gasteiger partial charge in [0.1, 0.15) is 37.8 Å². The van der Waals surface area contributed by atoms with Crippen molar-refractivity contribution in [2.75, 3.05) is 62.3 Å². The summed E-state index contributed by atoms with van der Waals surface area (Å²) in [6.45, 7) is 19.5. The van der Waals surface area contributed by atoms with E-state index in [9.17, 15) is 0 Å². The molecule has 0 bridgehead atoms. The minimum Gasteiger partial charge on any atom is -0.489 e. The molecule has 2 aliphatic heterocycles. The van der Waals surface area contributed by atoms with Gasteiger partial charge in [0.25, 0.3) is 0 Å². The summed E-state index contributed by atoms with van der Waals surface area (Å²) >= 11 is 0. The van der Waals surface area contributed by atoms with Crippen molar-refractivity contribution >= 4 is 67.9 Å². The number of allylic oxidation sites excluding steroid dienone is 2. The van der Waals surface area contributed by atoms with Gasteiger partial charge < -0.3 is 19.3 Å². The van der Waals surface area contributed by atoms with Crippen LogP contribution in [-0.2, 0) is 0 Å². The van der Waals surface area contributed by atoms with E-state index in [1.165, 1.54) is 55.5 Å². The molecule has 0 radical (unpaired) electrons. The third-order valence-electron chi connectivity index (χ3n) is 11.8. The van der Waals surface area contributed by atoms with Crippen LogP contribution in [0.15, 0.2) is 121 Å². The molecule has 0 aliphatic carbocycles. The van der Waals surface area contributed by atoms with Crippen molar-refractivity contribution in [1.82, 2.24) is 0 Å². The minimum atomic E-state index is 0.405. The van der Waals surface area contributed by atoms with Crippen LogP contribution in [0.25, 0.3) is 33.7 Å². The Balaban J connectivity index is 1.06. The Morgan fingerprint density at radius 2 is 0.862 bits per heavy atom. The van der Waals surface area contributed by atoms with Crippen LogP contribution in [0.1, 0.15) is 63.8 Å². The first-order valence-electron chi connectivity index (χ1n) is 21.2. The highest BCUT2D eigenvalue weighted by Crippen LogP contribution is 2.38. The Morgan fingerprint density at radius 1 is 0.466 bits per heavy atom. The summed E-state index contributed by atoms with van der Waals surface area (Å²) in [6.07, 6.45) is 8.93. The SMILES string of the molecule is CCN(CC)c1ccc(/C=C/C2=[N+](CC)c3cccc4cccc2c34)c(OCCOc2cc(N(CC)CC)ccc2/C=C/C2=[N+](CC)c3cccc4cccc2c34)c1. The van der Waals surface area contributed by atoms with Crippen molar-refractivity contribution in [3.63, 3.8) is 0 Å². The Morgan fingerprint density at radius 3 is 1.24 bits per heavy atom. The molecule has 6 aromatic carbocycles. The number of benzene rings is 6. The second-order valence-corrected chi connectivity index (χ2v) is 14.8. The maximum atomic E-state index is 6.66. The van der Waals surface area contributed by atoms with E-state index in [4.69, 9.17) is 9.47 Å². The fourth-order valence-corrected chi connectivity index (χ4v) is 8.89. The number of rotatable bonds is 17. The summed E-state index contributed by atoms with van der Waals surface area (Å²) < 4.78 is 18.1. The van der Waals surface area contributed by atoms with Gasteiger partial charge in [0.15, 0.2) is 0 Å². The summed E-state index contributed by atoms with van der Waals surface area (Å²) in [5, 5.41) is 5.19. The van der Waals surface area contributed by atoms with Crippen molar-refractivity contribution in [2.45, 2.75) is 41.5 Å². The normalized spacial score (nSPS) is 13.3. The van der Waals surface area contributed by atoms with Crippen molar-refractivity contribution in [3.8, 4) is 11.5 Å². The molecule has 6 aromatic rings. The molecule has 2 aliphatic rings. The average molecular weight is 769 g/mol. The molecule has 0 atom stereocenters. The highest BCUT2D eigenvalue weighted by molar-refractivity contribution is 6.21. The predicted octanol–water partition coefficient (Wildman–Crippen LogP) is 11.5. The molecule has 0 unspecified atom stereocenters. The molecule has 58 heavy (non-hydrogen) atoms. The number of ether oxygens (including phenoxy) is 2. The summed E-state index contributed by atoms with van der Waals surface area (Å²) in [5.41, 5.74) is 11.9. The van der Waals surface area contributed by atoms with Crippen LogP contribution in [0.3, 0.4) is 0 Å². The molecular formula is C52H56N4O2+2. The summed E-state index contributed by atoms with van der Waals surface area (Å²) in [4.78, 5) is 4.72. The van der Waals surface area contributed by atoms with Gasteiger partial charge >= 0.3 is 0 Å². The molecule has 0 fully saturated rings. The van der Waals surface area contributed by atoms with Crippen LogP contribution in [0, 0.1) is 0 Å². The Bertz CT molecular complexity index is 2420. The van der Waals surface area contributed by atoms with E-state index in [1.54, 1.807) is 0 Å². The molecule has 0 spiro atoms. The number of nitrogens with zero attached hydrogens (tertiary/aromatic N) is 4. The Hall–Kier alpha value is -6.14. The van der Waals surface area contributed by atoms with Crippen LogP contribution < -0.4 is 19.3 Å². The monoisotopic (exact) mass is 768 g/mol. The Labute approximate surface area is 344 Å². The van der Waals surface area contributed by atoms with E-state index < -0.39 is 0 Å². The van der Waals surface area contributed by atoms with Crippen molar-refractivity contribution in [1.29, 1.82) is 0 Å². The lowest BCUT2D eigenvalue weighted by Gasteiger charge is -2.23. The fourth-order valence-electron chi connectivity index (χ4n) is 8.89. The summed E-state index contributed by atoms with van der Waals surface area (Å²) in [7, 11) is 0. The molecule has 8 rings (SSSR count). The van der Waals surface area contributed by atoms with Gasteiger partial charge in [-0.15, -0.1) is 0 Å². The van der Waals surface area contributed by atoms with Crippen LogP contribution in [0.5, 0.6) is 11.5 Å². The van der Waals surface area contributed by atoms with Gasteiger partial charge in [0, 0.05) is 85.1 Å². The second-order valence-electron chi connectivity index (χ2n) is 14.8. The minimum absolute atomic E-state index is 0.405. The largest absolute Gasteiger partial charge is 0.489 e. The van der Waals surface area contributed by atoms with Gasteiger partial charge in [0.2, 0.25) is 22.8 Å². The smallest absolute Gasteiger partial charge is 0.214 e. The van der Waals surface area contributed by atoms with E-state index in [1.807, 2.05) is 0 Å². The van der Waals surface area contributed by atoms with E-state index in [0.717, 1.165) is 73.3 Å². The van der Waals surface area contributed by atoms with Crippen LogP contribution >= 0.6 is 0 Å². The average Bonchev–Trinajstić information content (AvgIpc) is 3.75. The van der Waals surface area contributed by atoms with Crippen LogP contribution in [0.2, 0.25) is 0 Å². The molecule has 2 heterocycles. The third kappa shape index (κ3) is 7.17. The number of anilines is 2. The van der Waals surface area contributed by atoms with E-state index in [2.05, 4.69) is 194 Å². The maximum absolute atomic E-state index is 6.66. The highest BCUT2D eigenvalue weighted by atomic mass is 16.5. The molecular weight excluding hydrogens is 713 g/mol. The van der Waals surface area contributed by atoms with E-state index in [-0.39, 0.29) is 0 Å². The molecule has 6 nitrogen and oxygen atoms in total. The lowest BCUT2D eigenvalue weighted by molar-refractivity contribution is -0.431. The van der Waals surface area contributed by atoms with Crippen molar-refractivity contribution in [2.24, 2.45) is 0 Å². The zero-order valence-electron chi connectivity index (χ0n) is 35.0. The van der Waals surface area contributed by atoms with Gasteiger partial charge in [0.05, 0.1) is 21.9 Å². The third-order valence-corrected chi connectivity index (χ3v) is 11.8. The lowest BCUT2D eigenvalue weighted by atomic mass is 10.0. The quantitative estimate of drug-likeness (QED) is 0.0683.